The first-order chi connectivity index (χ1) is 12.1. The Balaban J connectivity index is 1.52. The van der Waals surface area contributed by atoms with E-state index in [9.17, 15) is 9.59 Å². The van der Waals surface area contributed by atoms with Crippen LogP contribution in [0.15, 0.2) is 48.5 Å². The predicted molar refractivity (Wildman–Crippen MR) is 91.4 cm³/mol. The number of likely N-dealkylation sites (tertiary alicyclic amines) is 1. The fraction of sp³-hybridized carbons (Fsp3) is 0.316. The summed E-state index contributed by atoms with van der Waals surface area (Å²) in [5.74, 6) is -1.37. The number of carboxylic acids is 1. The Morgan fingerprint density at radius 1 is 1.04 bits per heavy atom. The van der Waals surface area contributed by atoms with Gasteiger partial charge in [-0.1, -0.05) is 36.4 Å². The molecule has 0 spiro atoms. The summed E-state index contributed by atoms with van der Waals surface area (Å²) < 4.78 is 5.92. The fourth-order valence-electron chi connectivity index (χ4n) is 2.85. The molecule has 2 heterocycles. The number of ether oxygens (including phenoxy) is 1. The van der Waals surface area contributed by atoms with Gasteiger partial charge >= 0.3 is 5.97 Å². The molecule has 1 aromatic heterocycles. The molecule has 1 aliphatic rings. The highest BCUT2D eigenvalue weighted by atomic mass is 16.5. The molecule has 6 heteroatoms. The average molecular weight is 340 g/mol. The number of aromatic nitrogens is 1. The van der Waals surface area contributed by atoms with Gasteiger partial charge in [-0.3, -0.25) is 4.79 Å². The van der Waals surface area contributed by atoms with Gasteiger partial charge in [-0.15, -0.1) is 0 Å². The normalized spacial score (nSPS) is 15.1. The molecular formula is C19H20N2O4. The van der Waals surface area contributed by atoms with Gasteiger partial charge in [0.25, 0.3) is 5.91 Å². The highest BCUT2D eigenvalue weighted by Gasteiger charge is 2.25. The van der Waals surface area contributed by atoms with Crippen molar-refractivity contribution >= 4 is 11.9 Å². The van der Waals surface area contributed by atoms with E-state index < -0.39 is 5.97 Å². The zero-order valence-electron chi connectivity index (χ0n) is 13.8. The molecule has 0 radical (unpaired) electrons. The quantitative estimate of drug-likeness (QED) is 0.905. The summed E-state index contributed by atoms with van der Waals surface area (Å²) in [5, 5.41) is 8.99. The van der Waals surface area contributed by atoms with Crippen molar-refractivity contribution in [1.82, 2.24) is 9.88 Å². The average Bonchev–Trinajstić information content (AvgIpc) is 2.67. The van der Waals surface area contributed by atoms with E-state index in [4.69, 9.17) is 9.84 Å². The van der Waals surface area contributed by atoms with Gasteiger partial charge in [-0.25, -0.2) is 9.78 Å². The lowest BCUT2D eigenvalue weighted by Gasteiger charge is -2.31. The minimum atomic E-state index is -1.14. The van der Waals surface area contributed by atoms with Crippen LogP contribution in [0.2, 0.25) is 0 Å². The molecule has 0 atom stereocenters. The number of piperidine rings is 1. The molecule has 1 aliphatic heterocycles. The van der Waals surface area contributed by atoms with Gasteiger partial charge < -0.3 is 14.7 Å². The lowest BCUT2D eigenvalue weighted by molar-refractivity contribution is -0.000509. The summed E-state index contributed by atoms with van der Waals surface area (Å²) >= 11 is 0. The highest BCUT2D eigenvalue weighted by molar-refractivity contribution is 5.94. The van der Waals surface area contributed by atoms with Crippen LogP contribution in [0.3, 0.4) is 0 Å². The number of amides is 1. The van der Waals surface area contributed by atoms with Crippen molar-refractivity contribution < 1.29 is 19.4 Å². The molecule has 0 aliphatic carbocycles. The summed E-state index contributed by atoms with van der Waals surface area (Å²) in [6.07, 6.45) is 1.65. The number of nitrogens with zero attached hydrogens (tertiary/aromatic N) is 2. The molecule has 2 aromatic rings. The topological polar surface area (TPSA) is 79.7 Å². The lowest BCUT2D eigenvalue weighted by Crippen LogP contribution is -2.41. The first-order valence-electron chi connectivity index (χ1n) is 8.28. The van der Waals surface area contributed by atoms with Gasteiger partial charge in [-0.05, 0) is 30.5 Å². The third-order valence-corrected chi connectivity index (χ3v) is 4.25. The number of pyridine rings is 1. The van der Waals surface area contributed by atoms with E-state index in [1.807, 2.05) is 30.3 Å². The van der Waals surface area contributed by atoms with Crippen LogP contribution < -0.4 is 0 Å². The summed E-state index contributed by atoms with van der Waals surface area (Å²) in [4.78, 5) is 29.1. The highest BCUT2D eigenvalue weighted by Crippen LogP contribution is 2.17. The monoisotopic (exact) mass is 340 g/mol. The molecular weight excluding hydrogens is 320 g/mol. The van der Waals surface area contributed by atoms with E-state index in [0.29, 0.717) is 19.7 Å². The molecule has 130 valence electrons. The van der Waals surface area contributed by atoms with Crippen LogP contribution in [0.25, 0.3) is 0 Å². The number of hydrogen-bond acceptors (Lipinski definition) is 4. The SMILES string of the molecule is O=C(O)c1cccc(C(=O)N2CCC(OCc3ccccc3)CC2)n1. The molecule has 1 saturated heterocycles. The van der Waals surface area contributed by atoms with Crippen molar-refractivity contribution in [2.45, 2.75) is 25.6 Å². The van der Waals surface area contributed by atoms with E-state index in [-0.39, 0.29) is 23.4 Å². The van der Waals surface area contributed by atoms with Crippen molar-refractivity contribution in [3.05, 3.63) is 65.5 Å². The maximum atomic E-state index is 12.5. The second-order valence-corrected chi connectivity index (χ2v) is 6.00. The Bertz CT molecular complexity index is 740. The number of hydrogen-bond donors (Lipinski definition) is 1. The number of benzene rings is 1. The van der Waals surface area contributed by atoms with Crippen LogP contribution >= 0.6 is 0 Å². The summed E-state index contributed by atoms with van der Waals surface area (Å²) in [6.45, 7) is 1.73. The number of aromatic carboxylic acids is 1. The molecule has 0 bridgehead atoms. The van der Waals surface area contributed by atoms with Gasteiger partial charge in [0.15, 0.2) is 0 Å². The molecule has 1 fully saturated rings. The van der Waals surface area contributed by atoms with Gasteiger partial charge in [0.05, 0.1) is 12.7 Å². The molecule has 1 amide bonds. The van der Waals surface area contributed by atoms with Crippen LogP contribution in [0.1, 0.15) is 39.4 Å². The van der Waals surface area contributed by atoms with Gasteiger partial charge in [0, 0.05) is 13.1 Å². The minimum absolute atomic E-state index is 0.119. The fourth-order valence-corrected chi connectivity index (χ4v) is 2.85. The van der Waals surface area contributed by atoms with Gasteiger partial charge in [-0.2, -0.15) is 0 Å². The lowest BCUT2D eigenvalue weighted by atomic mass is 10.1. The van der Waals surface area contributed by atoms with E-state index >= 15 is 0 Å². The van der Waals surface area contributed by atoms with E-state index in [0.717, 1.165) is 18.4 Å². The summed E-state index contributed by atoms with van der Waals surface area (Å²) in [7, 11) is 0. The van der Waals surface area contributed by atoms with Crippen molar-refractivity contribution in [3.8, 4) is 0 Å². The van der Waals surface area contributed by atoms with Crippen LogP contribution in [0.5, 0.6) is 0 Å². The van der Waals surface area contributed by atoms with Crippen LogP contribution in [-0.2, 0) is 11.3 Å². The first kappa shape index (κ1) is 17.1. The molecule has 1 aromatic carbocycles. The van der Waals surface area contributed by atoms with Crippen molar-refractivity contribution in [2.75, 3.05) is 13.1 Å². The van der Waals surface area contributed by atoms with Crippen LogP contribution in [0.4, 0.5) is 0 Å². The van der Waals surface area contributed by atoms with Gasteiger partial charge in [0.2, 0.25) is 0 Å². The van der Waals surface area contributed by atoms with Crippen LogP contribution in [0, 0.1) is 0 Å². The van der Waals surface area contributed by atoms with Crippen molar-refractivity contribution in [1.29, 1.82) is 0 Å². The number of carbonyl (C=O) groups is 2. The Morgan fingerprint density at radius 3 is 2.40 bits per heavy atom. The van der Waals surface area contributed by atoms with Crippen molar-refractivity contribution in [3.63, 3.8) is 0 Å². The number of carbonyl (C=O) groups excluding carboxylic acids is 1. The first-order valence-corrected chi connectivity index (χ1v) is 8.28. The maximum absolute atomic E-state index is 12.5. The molecule has 3 rings (SSSR count). The third-order valence-electron chi connectivity index (χ3n) is 4.25. The molecule has 1 N–H and O–H groups in total. The molecule has 0 saturated carbocycles. The zero-order valence-corrected chi connectivity index (χ0v) is 13.8. The Hall–Kier alpha value is -2.73. The van der Waals surface area contributed by atoms with E-state index in [1.54, 1.807) is 17.0 Å². The summed E-state index contributed by atoms with van der Waals surface area (Å²) in [6, 6.07) is 14.5. The summed E-state index contributed by atoms with van der Waals surface area (Å²) in [5.41, 5.74) is 1.19. The number of rotatable bonds is 5. The third kappa shape index (κ3) is 4.42. The second-order valence-electron chi connectivity index (χ2n) is 6.00. The standard InChI is InChI=1S/C19H20N2O4/c22-18(16-7-4-8-17(20-16)19(23)24)21-11-9-15(10-12-21)25-13-14-5-2-1-3-6-14/h1-8,15H,9-13H2,(H,23,24). The number of carboxylic acid groups (broad SMARTS) is 1. The molecule has 6 nitrogen and oxygen atoms in total. The largest absolute Gasteiger partial charge is 0.477 e. The Morgan fingerprint density at radius 2 is 1.72 bits per heavy atom. The second kappa shape index (κ2) is 7.90. The van der Waals surface area contributed by atoms with Crippen molar-refractivity contribution in [2.24, 2.45) is 0 Å². The van der Waals surface area contributed by atoms with Gasteiger partial charge in [0.1, 0.15) is 11.4 Å². The Labute approximate surface area is 146 Å². The predicted octanol–water partition coefficient (Wildman–Crippen LogP) is 2.60. The maximum Gasteiger partial charge on any atom is 0.354 e. The molecule has 25 heavy (non-hydrogen) atoms. The smallest absolute Gasteiger partial charge is 0.354 e. The Kier molecular flexibility index (Phi) is 5.40. The van der Waals surface area contributed by atoms with E-state index in [2.05, 4.69) is 4.98 Å². The van der Waals surface area contributed by atoms with Crippen LogP contribution in [-0.4, -0.2) is 46.1 Å². The van der Waals surface area contributed by atoms with E-state index in [1.165, 1.54) is 6.07 Å². The zero-order chi connectivity index (χ0) is 17.6. The molecule has 0 unspecified atom stereocenters. The minimum Gasteiger partial charge on any atom is -0.477 e.